The summed E-state index contributed by atoms with van der Waals surface area (Å²) in [4.78, 5) is 12.9. The van der Waals surface area contributed by atoms with Gasteiger partial charge < -0.3 is 10.4 Å². The van der Waals surface area contributed by atoms with Gasteiger partial charge in [-0.2, -0.15) is 0 Å². The lowest BCUT2D eigenvalue weighted by Crippen LogP contribution is -2.07. The summed E-state index contributed by atoms with van der Waals surface area (Å²) in [6.45, 7) is 2.16. The number of carbonyl (C=O) groups excluding carboxylic acids is 1. The van der Waals surface area contributed by atoms with Crippen LogP contribution in [0.2, 0.25) is 0 Å². The smallest absolute Gasteiger partial charge is 0.248 e. The SMILES string of the molecule is Cc1ccsc1C=CC(=O)Nc1ccc(CCO)cc1. The van der Waals surface area contributed by atoms with Crippen LogP contribution >= 0.6 is 11.3 Å². The summed E-state index contributed by atoms with van der Waals surface area (Å²) in [7, 11) is 0. The van der Waals surface area contributed by atoms with Crippen molar-refractivity contribution < 1.29 is 9.90 Å². The van der Waals surface area contributed by atoms with Crippen LogP contribution in [0.5, 0.6) is 0 Å². The molecule has 0 saturated heterocycles. The molecule has 2 rings (SSSR count). The van der Waals surface area contributed by atoms with Crippen molar-refractivity contribution >= 4 is 29.0 Å². The second-order valence-electron chi connectivity index (χ2n) is 4.46. The van der Waals surface area contributed by atoms with Crippen LogP contribution in [0.15, 0.2) is 41.8 Å². The van der Waals surface area contributed by atoms with E-state index in [2.05, 4.69) is 5.32 Å². The molecule has 0 spiro atoms. The second-order valence-corrected chi connectivity index (χ2v) is 5.41. The molecule has 0 aliphatic carbocycles. The summed E-state index contributed by atoms with van der Waals surface area (Å²) < 4.78 is 0. The predicted molar refractivity (Wildman–Crippen MR) is 84.0 cm³/mol. The highest BCUT2D eigenvalue weighted by molar-refractivity contribution is 7.11. The molecule has 2 N–H and O–H groups in total. The van der Waals surface area contributed by atoms with Crippen LogP contribution in [0, 0.1) is 6.92 Å². The minimum atomic E-state index is -0.146. The molecule has 104 valence electrons. The molecule has 2 aromatic rings. The summed E-state index contributed by atoms with van der Waals surface area (Å²) in [5.74, 6) is -0.146. The highest BCUT2D eigenvalue weighted by Crippen LogP contribution is 2.17. The van der Waals surface area contributed by atoms with Gasteiger partial charge in [-0.15, -0.1) is 11.3 Å². The third-order valence-electron chi connectivity index (χ3n) is 2.91. The molecule has 0 bridgehead atoms. The number of aliphatic hydroxyl groups is 1. The van der Waals surface area contributed by atoms with Gasteiger partial charge in [0.1, 0.15) is 0 Å². The summed E-state index contributed by atoms with van der Waals surface area (Å²) in [5.41, 5.74) is 2.98. The molecule has 20 heavy (non-hydrogen) atoms. The van der Waals surface area contributed by atoms with E-state index in [1.54, 1.807) is 17.4 Å². The number of hydrogen-bond acceptors (Lipinski definition) is 3. The van der Waals surface area contributed by atoms with Crippen LogP contribution in [0.1, 0.15) is 16.0 Å². The molecule has 1 aromatic carbocycles. The van der Waals surface area contributed by atoms with Crippen LogP contribution in [0.3, 0.4) is 0 Å². The minimum Gasteiger partial charge on any atom is -0.396 e. The van der Waals surface area contributed by atoms with E-state index in [0.717, 1.165) is 16.1 Å². The summed E-state index contributed by atoms with van der Waals surface area (Å²) in [6.07, 6.45) is 4.00. The van der Waals surface area contributed by atoms with Crippen molar-refractivity contribution in [2.24, 2.45) is 0 Å². The largest absolute Gasteiger partial charge is 0.396 e. The highest BCUT2D eigenvalue weighted by atomic mass is 32.1. The lowest BCUT2D eigenvalue weighted by Gasteiger charge is -2.03. The zero-order valence-corrected chi connectivity index (χ0v) is 12.1. The van der Waals surface area contributed by atoms with E-state index in [1.807, 2.05) is 48.7 Å². The first kappa shape index (κ1) is 14.5. The summed E-state index contributed by atoms with van der Waals surface area (Å²) >= 11 is 1.61. The molecule has 4 heteroatoms. The van der Waals surface area contributed by atoms with Crippen LogP contribution in [0.25, 0.3) is 6.08 Å². The standard InChI is InChI=1S/C16H17NO2S/c1-12-9-11-20-15(12)6-7-16(19)17-14-4-2-13(3-5-14)8-10-18/h2-7,9,11,18H,8,10H2,1H3,(H,17,19). The third-order valence-corrected chi connectivity index (χ3v) is 3.89. The number of amides is 1. The zero-order chi connectivity index (χ0) is 14.4. The number of anilines is 1. The lowest BCUT2D eigenvalue weighted by molar-refractivity contribution is -0.111. The van der Waals surface area contributed by atoms with Crippen LogP contribution in [0.4, 0.5) is 5.69 Å². The first-order valence-electron chi connectivity index (χ1n) is 6.42. The van der Waals surface area contributed by atoms with Crippen LogP contribution < -0.4 is 5.32 Å². The number of carbonyl (C=O) groups is 1. The van der Waals surface area contributed by atoms with E-state index in [1.165, 1.54) is 5.56 Å². The number of aryl methyl sites for hydroxylation is 1. The van der Waals surface area contributed by atoms with E-state index in [4.69, 9.17) is 5.11 Å². The van der Waals surface area contributed by atoms with Crippen molar-refractivity contribution in [2.75, 3.05) is 11.9 Å². The highest BCUT2D eigenvalue weighted by Gasteiger charge is 2.00. The maximum Gasteiger partial charge on any atom is 0.248 e. The van der Waals surface area contributed by atoms with Gasteiger partial charge in [0.2, 0.25) is 5.91 Å². The molecule has 1 amide bonds. The van der Waals surface area contributed by atoms with Crippen molar-refractivity contribution in [1.82, 2.24) is 0 Å². The van der Waals surface area contributed by atoms with Gasteiger partial charge in [0.15, 0.2) is 0 Å². The average Bonchev–Trinajstić information content (AvgIpc) is 2.84. The van der Waals surface area contributed by atoms with E-state index in [9.17, 15) is 4.79 Å². The van der Waals surface area contributed by atoms with Gasteiger partial charge in [0.05, 0.1) is 0 Å². The van der Waals surface area contributed by atoms with E-state index in [0.29, 0.717) is 6.42 Å². The summed E-state index contributed by atoms with van der Waals surface area (Å²) in [6, 6.07) is 9.51. The Morgan fingerprint density at radius 2 is 2.05 bits per heavy atom. The van der Waals surface area contributed by atoms with Crippen molar-refractivity contribution in [2.45, 2.75) is 13.3 Å². The van der Waals surface area contributed by atoms with Crippen molar-refractivity contribution in [3.05, 3.63) is 57.8 Å². The van der Waals surface area contributed by atoms with Gasteiger partial charge in [-0.1, -0.05) is 12.1 Å². The van der Waals surface area contributed by atoms with Gasteiger partial charge in [-0.05, 0) is 54.1 Å². The first-order chi connectivity index (χ1) is 9.69. The Hall–Kier alpha value is -1.91. The van der Waals surface area contributed by atoms with Crippen LogP contribution in [-0.4, -0.2) is 17.6 Å². The topological polar surface area (TPSA) is 49.3 Å². The number of benzene rings is 1. The zero-order valence-electron chi connectivity index (χ0n) is 11.3. The van der Waals surface area contributed by atoms with E-state index < -0.39 is 0 Å². The molecule has 0 aliphatic heterocycles. The second kappa shape index (κ2) is 7.03. The Morgan fingerprint density at radius 3 is 2.65 bits per heavy atom. The Morgan fingerprint density at radius 1 is 1.30 bits per heavy atom. The molecular formula is C16H17NO2S. The molecule has 3 nitrogen and oxygen atoms in total. The molecular weight excluding hydrogens is 270 g/mol. The Bertz CT molecular complexity index is 599. The van der Waals surface area contributed by atoms with Gasteiger partial charge in [0, 0.05) is 23.2 Å². The number of rotatable bonds is 5. The minimum absolute atomic E-state index is 0.134. The van der Waals surface area contributed by atoms with E-state index in [-0.39, 0.29) is 12.5 Å². The predicted octanol–water partition coefficient (Wildman–Crippen LogP) is 3.24. The number of thiophene rings is 1. The molecule has 0 atom stereocenters. The van der Waals surface area contributed by atoms with Crippen molar-refractivity contribution in [1.29, 1.82) is 0 Å². The maximum atomic E-state index is 11.8. The first-order valence-corrected chi connectivity index (χ1v) is 7.30. The van der Waals surface area contributed by atoms with Gasteiger partial charge in [-0.3, -0.25) is 4.79 Å². The van der Waals surface area contributed by atoms with E-state index >= 15 is 0 Å². The fourth-order valence-electron chi connectivity index (χ4n) is 1.77. The number of nitrogens with one attached hydrogen (secondary N) is 1. The quantitative estimate of drug-likeness (QED) is 0.829. The fraction of sp³-hybridized carbons (Fsp3) is 0.188. The molecule has 0 unspecified atom stereocenters. The summed E-state index contributed by atoms with van der Waals surface area (Å²) in [5, 5.41) is 13.7. The molecule has 0 fully saturated rings. The third kappa shape index (κ3) is 4.05. The normalized spacial score (nSPS) is 10.9. The molecule has 1 heterocycles. The lowest BCUT2D eigenvalue weighted by atomic mass is 10.1. The molecule has 0 aliphatic rings. The van der Waals surface area contributed by atoms with Crippen molar-refractivity contribution in [3.8, 4) is 0 Å². The van der Waals surface area contributed by atoms with Gasteiger partial charge in [0.25, 0.3) is 0 Å². The van der Waals surface area contributed by atoms with Gasteiger partial charge >= 0.3 is 0 Å². The number of aliphatic hydroxyl groups excluding tert-OH is 1. The molecule has 0 radical (unpaired) electrons. The Balaban J connectivity index is 1.94. The Labute approximate surface area is 122 Å². The Kier molecular flexibility index (Phi) is 5.09. The van der Waals surface area contributed by atoms with Crippen molar-refractivity contribution in [3.63, 3.8) is 0 Å². The van der Waals surface area contributed by atoms with Gasteiger partial charge in [-0.25, -0.2) is 0 Å². The number of hydrogen-bond donors (Lipinski definition) is 2. The monoisotopic (exact) mass is 287 g/mol. The fourth-order valence-corrected chi connectivity index (χ4v) is 2.59. The van der Waals surface area contributed by atoms with Crippen LogP contribution in [-0.2, 0) is 11.2 Å². The molecule has 0 saturated carbocycles. The average molecular weight is 287 g/mol. The molecule has 1 aromatic heterocycles. The maximum absolute atomic E-state index is 11.8.